The van der Waals surface area contributed by atoms with Gasteiger partial charge in [0.15, 0.2) is 5.96 Å². The zero-order chi connectivity index (χ0) is 32.0. The number of hydrogen-bond acceptors (Lipinski definition) is 6. The normalized spacial score (nSPS) is 19.7. The van der Waals surface area contributed by atoms with Crippen molar-refractivity contribution in [1.82, 2.24) is 15.1 Å². The van der Waals surface area contributed by atoms with E-state index in [1.54, 1.807) is 42.3 Å². The van der Waals surface area contributed by atoms with E-state index in [2.05, 4.69) is 29.5 Å². The molecule has 2 atom stereocenters. The molecule has 6 rings (SSSR count). The van der Waals surface area contributed by atoms with Crippen molar-refractivity contribution >= 4 is 46.3 Å². The molecule has 3 aromatic carbocycles. The van der Waals surface area contributed by atoms with Crippen LogP contribution in [0.4, 0.5) is 24.5 Å². The van der Waals surface area contributed by atoms with Crippen LogP contribution in [0, 0.1) is 22.9 Å². The second-order valence-corrected chi connectivity index (χ2v) is 12.2. The second kappa shape index (κ2) is 12.2. The van der Waals surface area contributed by atoms with Crippen molar-refractivity contribution in [2.45, 2.75) is 25.9 Å². The fraction of sp³-hybridized carbons (Fsp3) is 0.303. The predicted octanol–water partition coefficient (Wildman–Crippen LogP) is 5.79. The fourth-order valence-electron chi connectivity index (χ4n) is 6.12. The first-order chi connectivity index (χ1) is 21.5. The van der Waals surface area contributed by atoms with Gasteiger partial charge in [-0.15, -0.1) is 0 Å². The van der Waals surface area contributed by atoms with Gasteiger partial charge < -0.3 is 25.3 Å². The zero-order valence-electron chi connectivity index (χ0n) is 25.4. The summed E-state index contributed by atoms with van der Waals surface area (Å²) < 4.78 is 45.0. The molecule has 12 heteroatoms. The molecule has 2 unspecified atom stereocenters. The Labute approximate surface area is 265 Å². The van der Waals surface area contributed by atoms with Gasteiger partial charge in [-0.25, -0.2) is 18.2 Å². The number of nitrogens with zero attached hydrogens (tertiary/aromatic N) is 5. The minimum atomic E-state index is -0.714. The summed E-state index contributed by atoms with van der Waals surface area (Å²) in [5.74, 6) is -1.17. The highest BCUT2D eigenvalue weighted by atomic mass is 35.5. The molecule has 0 spiro atoms. The quantitative estimate of drug-likeness (QED) is 0.251. The smallest absolute Gasteiger partial charge is 0.203 e. The van der Waals surface area contributed by atoms with E-state index in [4.69, 9.17) is 22.0 Å². The van der Waals surface area contributed by atoms with E-state index < -0.39 is 17.5 Å². The minimum absolute atomic E-state index is 0.173. The number of piperazine rings is 1. The Kier molecular flexibility index (Phi) is 8.32. The van der Waals surface area contributed by atoms with Gasteiger partial charge in [-0.1, -0.05) is 23.7 Å². The number of aliphatic imine (C=N–C) groups is 2. The average molecular weight is 635 g/mol. The van der Waals surface area contributed by atoms with E-state index in [0.29, 0.717) is 53.1 Å². The van der Waals surface area contributed by atoms with Crippen LogP contribution < -0.4 is 15.5 Å². The SMILES string of the molecule is CC1CN(C(=N)N(C)c2cc(NC3=NC4=C(CN=C(c5c(F)cccc5F)c5cc(Cl)ccc54)CN3C)ccc2F)CC(C)N1. The maximum absolute atomic E-state index is 15.1. The van der Waals surface area contributed by atoms with Crippen molar-refractivity contribution < 1.29 is 13.2 Å². The Balaban J connectivity index is 1.32. The lowest BCUT2D eigenvalue weighted by Crippen LogP contribution is -2.58. The van der Waals surface area contributed by atoms with E-state index in [1.807, 2.05) is 16.8 Å². The highest BCUT2D eigenvalue weighted by Crippen LogP contribution is 2.35. The third kappa shape index (κ3) is 6.02. The van der Waals surface area contributed by atoms with Gasteiger partial charge in [0.25, 0.3) is 0 Å². The molecule has 3 heterocycles. The molecule has 1 saturated heterocycles. The number of guanidine groups is 2. The van der Waals surface area contributed by atoms with Gasteiger partial charge in [0.05, 0.1) is 29.2 Å². The van der Waals surface area contributed by atoms with Gasteiger partial charge in [-0.05, 0) is 61.9 Å². The molecule has 8 nitrogen and oxygen atoms in total. The molecule has 0 saturated carbocycles. The summed E-state index contributed by atoms with van der Waals surface area (Å²) in [6.07, 6.45) is 0. The molecule has 3 aliphatic rings. The van der Waals surface area contributed by atoms with Gasteiger partial charge in [-0.3, -0.25) is 10.4 Å². The van der Waals surface area contributed by atoms with E-state index >= 15 is 4.39 Å². The van der Waals surface area contributed by atoms with Crippen molar-refractivity contribution in [2.24, 2.45) is 9.98 Å². The first-order valence-corrected chi connectivity index (χ1v) is 15.1. The van der Waals surface area contributed by atoms with E-state index in [9.17, 15) is 8.78 Å². The van der Waals surface area contributed by atoms with Gasteiger partial charge in [0, 0.05) is 67.7 Å². The fourth-order valence-corrected chi connectivity index (χ4v) is 6.30. The summed E-state index contributed by atoms with van der Waals surface area (Å²) in [5.41, 5.74) is 3.41. The van der Waals surface area contributed by atoms with Crippen molar-refractivity contribution in [3.8, 4) is 0 Å². The van der Waals surface area contributed by atoms with Crippen LogP contribution in [0.5, 0.6) is 0 Å². The Morgan fingerprint density at radius 1 is 1.00 bits per heavy atom. The molecular formula is C33H34ClF3N8. The number of nitrogens with one attached hydrogen (secondary N) is 3. The van der Waals surface area contributed by atoms with Crippen molar-refractivity contribution in [3.05, 3.63) is 99.3 Å². The van der Waals surface area contributed by atoms with Crippen molar-refractivity contribution in [1.29, 1.82) is 5.41 Å². The molecule has 0 bridgehead atoms. The minimum Gasteiger partial charge on any atom is -0.341 e. The van der Waals surface area contributed by atoms with Gasteiger partial charge in [0.1, 0.15) is 17.5 Å². The van der Waals surface area contributed by atoms with Gasteiger partial charge in [0.2, 0.25) is 5.96 Å². The zero-order valence-corrected chi connectivity index (χ0v) is 26.2. The van der Waals surface area contributed by atoms with Crippen LogP contribution in [0.2, 0.25) is 5.02 Å². The van der Waals surface area contributed by atoms with Crippen LogP contribution >= 0.6 is 11.6 Å². The lowest BCUT2D eigenvalue weighted by molar-refractivity contribution is 0.251. The summed E-state index contributed by atoms with van der Waals surface area (Å²) in [4.78, 5) is 15.0. The summed E-state index contributed by atoms with van der Waals surface area (Å²) in [6.45, 7) is 6.05. The maximum atomic E-state index is 15.1. The number of benzene rings is 3. The van der Waals surface area contributed by atoms with E-state index in [-0.39, 0.29) is 41.6 Å². The first kappa shape index (κ1) is 30.7. The molecule has 3 aromatic rings. The third-order valence-electron chi connectivity index (χ3n) is 8.20. The number of halogens is 4. The van der Waals surface area contributed by atoms with Crippen molar-refractivity contribution in [3.63, 3.8) is 0 Å². The lowest BCUT2D eigenvalue weighted by Gasteiger charge is -2.40. The Hall–Kier alpha value is -4.35. The highest BCUT2D eigenvalue weighted by Gasteiger charge is 2.30. The predicted molar refractivity (Wildman–Crippen MR) is 175 cm³/mol. The molecule has 0 radical (unpaired) electrons. The summed E-state index contributed by atoms with van der Waals surface area (Å²) in [6, 6.07) is 13.9. The standard InChI is InChI=1S/C33H34ClF3N8/c1-18-15-45(16-19(2)40-18)32(38)44(4)28-13-22(9-11-25(28)35)41-33-42-30-20(17-43(33)3)14-39-31(24-12-21(34)8-10-23(24)30)29-26(36)6-5-7-27(29)37/h5-13,18-19,38,40H,14-17H2,1-4H3,(H,41,42). The topological polar surface area (TPSA) is 82.4 Å². The highest BCUT2D eigenvalue weighted by molar-refractivity contribution is 6.31. The van der Waals surface area contributed by atoms with Crippen LogP contribution in [0.25, 0.3) is 5.70 Å². The van der Waals surface area contributed by atoms with Crippen LogP contribution in [0.15, 0.2) is 70.2 Å². The molecular weight excluding hydrogens is 601 g/mol. The van der Waals surface area contributed by atoms with Gasteiger partial charge >= 0.3 is 0 Å². The van der Waals surface area contributed by atoms with Crippen LogP contribution in [0.1, 0.15) is 30.5 Å². The van der Waals surface area contributed by atoms with E-state index in [0.717, 1.165) is 5.57 Å². The molecule has 3 aliphatic heterocycles. The number of hydrogen-bond donors (Lipinski definition) is 3. The maximum Gasteiger partial charge on any atom is 0.203 e. The molecule has 45 heavy (non-hydrogen) atoms. The number of likely N-dealkylation sites (N-methyl/N-ethyl adjacent to an activating group) is 1. The largest absolute Gasteiger partial charge is 0.341 e. The lowest BCUT2D eigenvalue weighted by atomic mass is 9.94. The first-order valence-electron chi connectivity index (χ1n) is 14.7. The third-order valence-corrected chi connectivity index (χ3v) is 8.44. The van der Waals surface area contributed by atoms with Crippen molar-refractivity contribution in [2.75, 3.05) is 50.5 Å². The van der Waals surface area contributed by atoms with Crippen LogP contribution in [0.3, 0.4) is 0 Å². The Bertz CT molecular complexity index is 1740. The molecule has 0 aliphatic carbocycles. The molecule has 0 aromatic heterocycles. The molecule has 234 valence electrons. The Morgan fingerprint density at radius 3 is 2.42 bits per heavy atom. The van der Waals surface area contributed by atoms with E-state index in [1.165, 1.54) is 24.3 Å². The summed E-state index contributed by atoms with van der Waals surface area (Å²) >= 11 is 6.36. The summed E-state index contributed by atoms with van der Waals surface area (Å²) in [5, 5.41) is 16.0. The number of rotatable bonds is 3. The molecule has 3 N–H and O–H groups in total. The average Bonchev–Trinajstić information content (AvgIpc) is 3.13. The van der Waals surface area contributed by atoms with Gasteiger partial charge in [-0.2, -0.15) is 0 Å². The van der Waals surface area contributed by atoms with Crippen LogP contribution in [-0.4, -0.2) is 79.8 Å². The number of anilines is 2. The monoisotopic (exact) mass is 634 g/mol. The number of fused-ring (bicyclic) bond motifs is 2. The summed E-state index contributed by atoms with van der Waals surface area (Å²) in [7, 11) is 3.55. The van der Waals surface area contributed by atoms with Crippen LogP contribution in [-0.2, 0) is 0 Å². The molecule has 0 amide bonds. The second-order valence-electron chi connectivity index (χ2n) is 11.7. The Morgan fingerprint density at radius 2 is 1.71 bits per heavy atom. The molecule has 1 fully saturated rings.